The smallest absolute Gasteiger partial charge is 0.332 e. The van der Waals surface area contributed by atoms with Gasteiger partial charge in [0.1, 0.15) is 0 Å². The number of carbonyl (C=O) groups excluding carboxylic acids is 1. The van der Waals surface area contributed by atoms with Gasteiger partial charge in [-0.1, -0.05) is 53.0 Å². The lowest BCUT2D eigenvalue weighted by Gasteiger charge is -2.19. The summed E-state index contributed by atoms with van der Waals surface area (Å²) in [6, 6.07) is 11.4. The van der Waals surface area contributed by atoms with Crippen molar-refractivity contribution in [3.05, 3.63) is 63.1 Å². The van der Waals surface area contributed by atoms with Crippen molar-refractivity contribution >= 4 is 46.5 Å². The SMILES string of the molecule is COC(=O)C(Nc1ccccc1Cl)c1ccc(Cl)c(Cl)c1. The number of esters is 1. The quantitative estimate of drug-likeness (QED) is 0.796. The van der Waals surface area contributed by atoms with Crippen LogP contribution in [0.3, 0.4) is 0 Å². The van der Waals surface area contributed by atoms with E-state index in [0.717, 1.165) is 0 Å². The molecular formula is C15H12Cl3NO2. The summed E-state index contributed by atoms with van der Waals surface area (Å²) < 4.78 is 4.83. The molecule has 0 radical (unpaired) electrons. The van der Waals surface area contributed by atoms with Gasteiger partial charge in [-0.05, 0) is 29.8 Å². The van der Waals surface area contributed by atoms with Crippen LogP contribution in [-0.2, 0) is 9.53 Å². The predicted octanol–water partition coefficient (Wildman–Crippen LogP) is 4.97. The Bertz CT molecular complexity index is 661. The molecule has 0 fully saturated rings. The minimum atomic E-state index is -0.732. The number of halogens is 3. The zero-order valence-corrected chi connectivity index (χ0v) is 13.3. The van der Waals surface area contributed by atoms with Crippen LogP contribution in [-0.4, -0.2) is 13.1 Å². The number of ether oxygens (including phenoxy) is 1. The van der Waals surface area contributed by atoms with Crippen molar-refractivity contribution in [2.24, 2.45) is 0 Å². The Hall–Kier alpha value is -1.42. The lowest BCUT2D eigenvalue weighted by atomic mass is 10.1. The largest absolute Gasteiger partial charge is 0.467 e. The first kappa shape index (κ1) is 16.0. The molecule has 0 heterocycles. The summed E-state index contributed by atoms with van der Waals surface area (Å²) >= 11 is 18.0. The van der Waals surface area contributed by atoms with Crippen molar-refractivity contribution in [3.8, 4) is 0 Å². The second-order valence-electron chi connectivity index (χ2n) is 4.25. The summed E-state index contributed by atoms with van der Waals surface area (Å²) in [6.07, 6.45) is 0. The summed E-state index contributed by atoms with van der Waals surface area (Å²) in [4.78, 5) is 12.0. The van der Waals surface area contributed by atoms with Gasteiger partial charge < -0.3 is 10.1 Å². The maximum absolute atomic E-state index is 12.0. The number of methoxy groups -OCH3 is 1. The van der Waals surface area contributed by atoms with E-state index < -0.39 is 12.0 Å². The molecule has 0 saturated heterocycles. The lowest BCUT2D eigenvalue weighted by molar-refractivity contribution is -0.141. The molecule has 0 spiro atoms. The van der Waals surface area contributed by atoms with Gasteiger partial charge >= 0.3 is 5.97 Å². The summed E-state index contributed by atoms with van der Waals surface area (Å²) in [5.41, 5.74) is 1.26. The Labute approximate surface area is 137 Å². The third-order valence-electron chi connectivity index (χ3n) is 2.89. The number of rotatable bonds is 4. The number of hydrogen-bond acceptors (Lipinski definition) is 3. The van der Waals surface area contributed by atoms with Gasteiger partial charge in [-0.25, -0.2) is 4.79 Å². The number of para-hydroxylation sites is 1. The van der Waals surface area contributed by atoms with E-state index in [1.54, 1.807) is 36.4 Å². The average Bonchev–Trinajstić information content (AvgIpc) is 2.48. The van der Waals surface area contributed by atoms with Crippen molar-refractivity contribution in [1.82, 2.24) is 0 Å². The van der Waals surface area contributed by atoms with Gasteiger partial charge in [0.2, 0.25) is 0 Å². The predicted molar refractivity (Wildman–Crippen MR) is 86.3 cm³/mol. The van der Waals surface area contributed by atoms with E-state index in [1.807, 2.05) is 6.07 Å². The molecule has 110 valence electrons. The maximum Gasteiger partial charge on any atom is 0.332 e. The first-order valence-corrected chi connectivity index (χ1v) is 7.20. The van der Waals surface area contributed by atoms with E-state index in [2.05, 4.69) is 5.32 Å². The molecule has 6 heteroatoms. The van der Waals surface area contributed by atoms with Crippen LogP contribution in [0.25, 0.3) is 0 Å². The Morgan fingerprint density at radius 3 is 2.38 bits per heavy atom. The van der Waals surface area contributed by atoms with Crippen molar-refractivity contribution < 1.29 is 9.53 Å². The maximum atomic E-state index is 12.0. The highest BCUT2D eigenvalue weighted by Crippen LogP contribution is 2.30. The Morgan fingerprint density at radius 1 is 1.05 bits per heavy atom. The highest BCUT2D eigenvalue weighted by Gasteiger charge is 2.22. The second-order valence-corrected chi connectivity index (χ2v) is 5.48. The molecule has 0 amide bonds. The molecular weight excluding hydrogens is 333 g/mol. The van der Waals surface area contributed by atoms with E-state index in [1.165, 1.54) is 7.11 Å². The zero-order valence-electron chi connectivity index (χ0n) is 11.1. The summed E-state index contributed by atoms with van der Waals surface area (Å²) in [7, 11) is 1.32. The van der Waals surface area contributed by atoms with E-state index in [0.29, 0.717) is 26.3 Å². The molecule has 1 N–H and O–H groups in total. The summed E-state index contributed by atoms with van der Waals surface area (Å²) in [5, 5.41) is 4.34. The average molecular weight is 345 g/mol. The van der Waals surface area contributed by atoms with E-state index in [4.69, 9.17) is 39.5 Å². The minimum Gasteiger partial charge on any atom is -0.467 e. The fourth-order valence-corrected chi connectivity index (χ4v) is 2.32. The first-order valence-electron chi connectivity index (χ1n) is 6.06. The monoisotopic (exact) mass is 343 g/mol. The third kappa shape index (κ3) is 3.82. The van der Waals surface area contributed by atoms with Gasteiger partial charge in [-0.15, -0.1) is 0 Å². The molecule has 3 nitrogen and oxygen atoms in total. The number of benzene rings is 2. The number of nitrogens with one attached hydrogen (secondary N) is 1. The standard InChI is InChI=1S/C15H12Cl3NO2/c1-21-15(20)14(9-6-7-10(16)12(18)8-9)19-13-5-3-2-4-11(13)17/h2-8,14,19H,1H3. The van der Waals surface area contributed by atoms with Gasteiger partial charge in [-0.2, -0.15) is 0 Å². The molecule has 1 unspecified atom stereocenters. The fraction of sp³-hybridized carbons (Fsp3) is 0.133. The van der Waals surface area contributed by atoms with Crippen molar-refractivity contribution in [1.29, 1.82) is 0 Å². The Balaban J connectivity index is 2.37. The minimum absolute atomic E-state index is 0.365. The zero-order chi connectivity index (χ0) is 15.4. The molecule has 0 saturated carbocycles. The molecule has 0 aliphatic carbocycles. The van der Waals surface area contributed by atoms with Crippen LogP contribution in [0.2, 0.25) is 15.1 Å². The number of carbonyl (C=O) groups is 1. The van der Waals surface area contributed by atoms with Crippen LogP contribution >= 0.6 is 34.8 Å². The molecule has 2 rings (SSSR count). The van der Waals surface area contributed by atoms with Crippen LogP contribution < -0.4 is 5.32 Å². The Morgan fingerprint density at radius 2 is 1.76 bits per heavy atom. The van der Waals surface area contributed by atoms with Crippen molar-refractivity contribution in [3.63, 3.8) is 0 Å². The van der Waals surface area contributed by atoms with Gasteiger partial charge in [0.05, 0.1) is 27.9 Å². The molecule has 2 aromatic carbocycles. The van der Waals surface area contributed by atoms with Crippen LogP contribution in [0.5, 0.6) is 0 Å². The second kappa shape index (κ2) is 7.03. The summed E-state index contributed by atoms with van der Waals surface area (Å²) in [5.74, 6) is -0.451. The van der Waals surface area contributed by atoms with E-state index in [-0.39, 0.29) is 0 Å². The van der Waals surface area contributed by atoms with Gasteiger partial charge in [-0.3, -0.25) is 0 Å². The molecule has 0 aromatic heterocycles. The van der Waals surface area contributed by atoms with Crippen LogP contribution in [0.15, 0.2) is 42.5 Å². The molecule has 0 bridgehead atoms. The highest BCUT2D eigenvalue weighted by atomic mass is 35.5. The third-order valence-corrected chi connectivity index (χ3v) is 3.96. The molecule has 2 aromatic rings. The van der Waals surface area contributed by atoms with Gasteiger partial charge in [0.15, 0.2) is 6.04 Å². The van der Waals surface area contributed by atoms with Crippen LogP contribution in [0, 0.1) is 0 Å². The fourth-order valence-electron chi connectivity index (χ4n) is 1.82. The van der Waals surface area contributed by atoms with Crippen molar-refractivity contribution in [2.45, 2.75) is 6.04 Å². The van der Waals surface area contributed by atoms with Gasteiger partial charge in [0, 0.05) is 0 Å². The number of hydrogen-bond donors (Lipinski definition) is 1. The van der Waals surface area contributed by atoms with E-state index >= 15 is 0 Å². The first-order chi connectivity index (χ1) is 10.0. The van der Waals surface area contributed by atoms with E-state index in [9.17, 15) is 4.79 Å². The lowest BCUT2D eigenvalue weighted by Crippen LogP contribution is -2.22. The topological polar surface area (TPSA) is 38.3 Å². The number of anilines is 1. The van der Waals surface area contributed by atoms with Crippen LogP contribution in [0.1, 0.15) is 11.6 Å². The molecule has 0 aliphatic rings. The molecule has 21 heavy (non-hydrogen) atoms. The summed E-state index contributed by atoms with van der Waals surface area (Å²) in [6.45, 7) is 0. The highest BCUT2D eigenvalue weighted by molar-refractivity contribution is 6.42. The van der Waals surface area contributed by atoms with Crippen molar-refractivity contribution in [2.75, 3.05) is 12.4 Å². The molecule has 1 atom stereocenters. The Kier molecular flexibility index (Phi) is 5.34. The molecule has 0 aliphatic heterocycles. The normalized spacial score (nSPS) is 11.8. The van der Waals surface area contributed by atoms with Gasteiger partial charge in [0.25, 0.3) is 0 Å². The van der Waals surface area contributed by atoms with Crippen LogP contribution in [0.4, 0.5) is 5.69 Å².